The molecule has 12 nitrogen and oxygen atoms in total. The molecule has 0 saturated heterocycles. The number of allylic oxidation sites excluding steroid dienone is 1. The average molecular weight is 621 g/mol. The molecule has 0 bridgehead atoms. The summed E-state index contributed by atoms with van der Waals surface area (Å²) in [6.45, 7) is 2.25. The van der Waals surface area contributed by atoms with Crippen molar-refractivity contribution in [1.82, 2.24) is 15.1 Å². The average Bonchev–Trinajstić information content (AvgIpc) is 2.97. The summed E-state index contributed by atoms with van der Waals surface area (Å²) in [7, 11) is 8.74. The number of nitrogens with two attached hydrogens (primary N) is 1. The summed E-state index contributed by atoms with van der Waals surface area (Å²) in [5.74, 6) is -6.30. The third-order valence-corrected chi connectivity index (χ3v) is 9.22. The van der Waals surface area contributed by atoms with Gasteiger partial charge in [0.2, 0.25) is 5.78 Å². The molecule has 12 heteroatoms. The molecule has 45 heavy (non-hydrogen) atoms. The molecule has 0 heterocycles. The monoisotopic (exact) mass is 620 g/mol. The second-order valence-electron chi connectivity index (χ2n) is 12.5. The van der Waals surface area contributed by atoms with Gasteiger partial charge >= 0.3 is 0 Å². The third-order valence-electron chi connectivity index (χ3n) is 9.22. The number of carbonyl (C=O) groups is 3. The second-order valence-corrected chi connectivity index (χ2v) is 12.5. The number of benzene rings is 2. The molecule has 240 valence electrons. The Labute approximate surface area is 261 Å². The summed E-state index contributed by atoms with van der Waals surface area (Å²) in [5, 5.41) is 48.7. The van der Waals surface area contributed by atoms with Gasteiger partial charge in [0.25, 0.3) is 5.91 Å². The van der Waals surface area contributed by atoms with E-state index in [1.165, 1.54) is 11.0 Å². The minimum absolute atomic E-state index is 0.00777. The van der Waals surface area contributed by atoms with Crippen molar-refractivity contribution < 1.29 is 39.5 Å². The molecule has 0 radical (unpaired) electrons. The normalized spacial score (nSPS) is 24.6. The number of carbonyl (C=O) groups excluding carboxylic acids is 3. The summed E-state index contributed by atoms with van der Waals surface area (Å²) in [6, 6.07) is 7.82. The van der Waals surface area contributed by atoms with E-state index in [0.29, 0.717) is 29.0 Å². The number of Topliss-reactive ketones (excluding diaryl/α,β-unsaturated/α-hetero) is 2. The van der Waals surface area contributed by atoms with Gasteiger partial charge in [-0.2, -0.15) is 0 Å². The van der Waals surface area contributed by atoms with Crippen molar-refractivity contribution in [3.05, 3.63) is 69.7 Å². The number of hydrogen-bond donors (Lipinski definition) is 6. The zero-order chi connectivity index (χ0) is 33.0. The zero-order valence-electron chi connectivity index (χ0n) is 26.0. The van der Waals surface area contributed by atoms with Gasteiger partial charge in [0, 0.05) is 36.7 Å². The first-order valence-corrected chi connectivity index (χ1v) is 14.8. The molecule has 4 atom stereocenters. The van der Waals surface area contributed by atoms with E-state index >= 15 is 0 Å². The fourth-order valence-electron chi connectivity index (χ4n) is 7.11. The third kappa shape index (κ3) is 5.17. The molecule has 3 aliphatic rings. The maximum Gasteiger partial charge on any atom is 0.255 e. The Bertz CT molecular complexity index is 1650. The van der Waals surface area contributed by atoms with Crippen molar-refractivity contribution in [3.63, 3.8) is 0 Å². The summed E-state index contributed by atoms with van der Waals surface area (Å²) in [5.41, 5.74) is 4.52. The smallest absolute Gasteiger partial charge is 0.255 e. The minimum atomic E-state index is -2.69. The predicted molar refractivity (Wildman–Crippen MR) is 166 cm³/mol. The van der Waals surface area contributed by atoms with Gasteiger partial charge in [-0.1, -0.05) is 12.1 Å². The van der Waals surface area contributed by atoms with E-state index in [2.05, 4.69) is 10.2 Å². The molecular weight excluding hydrogens is 580 g/mol. The van der Waals surface area contributed by atoms with Crippen LogP contribution in [0.15, 0.2) is 53.0 Å². The SMILES string of the molecule is COc1ccc(CNCCN(C)C)cc1-c1ccc(O)c2c1C[C@H]1C[C@@H]3[C@@H](N(C)C)C(O)=C(C(N)=O)C(=O)[C@@]3(O)C(O)=C1C2=O. The number of aliphatic hydroxyl groups is 3. The Morgan fingerprint density at radius 2 is 1.80 bits per heavy atom. The van der Waals surface area contributed by atoms with Crippen LogP contribution in [0.1, 0.15) is 27.9 Å². The van der Waals surface area contributed by atoms with Crippen LogP contribution in [0.25, 0.3) is 11.1 Å². The Kier molecular flexibility index (Phi) is 8.53. The van der Waals surface area contributed by atoms with Crippen LogP contribution >= 0.6 is 0 Å². The molecule has 0 spiro atoms. The van der Waals surface area contributed by atoms with Gasteiger partial charge in [0.15, 0.2) is 11.4 Å². The fourth-order valence-corrected chi connectivity index (χ4v) is 7.11. The van der Waals surface area contributed by atoms with Crippen LogP contribution in [0.2, 0.25) is 0 Å². The van der Waals surface area contributed by atoms with E-state index in [1.807, 2.05) is 32.3 Å². The van der Waals surface area contributed by atoms with Crippen LogP contribution in [-0.4, -0.2) is 108 Å². The van der Waals surface area contributed by atoms with E-state index < -0.39 is 58.0 Å². The molecule has 5 rings (SSSR count). The highest BCUT2D eigenvalue weighted by molar-refractivity contribution is 6.25. The molecular formula is C33H40N4O8. The molecule has 2 aromatic rings. The first kappa shape index (κ1) is 32.2. The highest BCUT2D eigenvalue weighted by atomic mass is 16.5. The summed E-state index contributed by atoms with van der Waals surface area (Å²) >= 11 is 0. The number of aromatic hydroxyl groups is 1. The molecule has 3 aliphatic carbocycles. The number of phenols is 1. The van der Waals surface area contributed by atoms with Crippen LogP contribution in [0.4, 0.5) is 0 Å². The molecule has 0 aromatic heterocycles. The first-order chi connectivity index (χ1) is 21.2. The van der Waals surface area contributed by atoms with Crippen LogP contribution in [0, 0.1) is 11.8 Å². The summed E-state index contributed by atoms with van der Waals surface area (Å²) in [6.07, 6.45) is 0.181. The number of aliphatic hydroxyl groups excluding tert-OH is 2. The van der Waals surface area contributed by atoms with E-state index in [4.69, 9.17) is 10.5 Å². The van der Waals surface area contributed by atoms with E-state index in [-0.39, 0.29) is 29.7 Å². The van der Waals surface area contributed by atoms with E-state index in [0.717, 1.165) is 18.7 Å². The Hall–Kier alpha value is -4.23. The lowest BCUT2D eigenvalue weighted by molar-refractivity contribution is -0.148. The van der Waals surface area contributed by atoms with Gasteiger partial charge < -0.3 is 41.1 Å². The minimum Gasteiger partial charge on any atom is -0.510 e. The van der Waals surface area contributed by atoms with Crippen molar-refractivity contribution >= 4 is 17.5 Å². The second kappa shape index (κ2) is 11.9. The van der Waals surface area contributed by atoms with Gasteiger partial charge in [-0.25, -0.2) is 0 Å². The van der Waals surface area contributed by atoms with Crippen LogP contribution < -0.4 is 15.8 Å². The maximum absolute atomic E-state index is 14.1. The van der Waals surface area contributed by atoms with Gasteiger partial charge in [-0.05, 0) is 81.8 Å². The molecule has 0 unspecified atom stereocenters. The van der Waals surface area contributed by atoms with Crippen molar-refractivity contribution in [3.8, 4) is 22.6 Å². The Morgan fingerprint density at radius 1 is 1.09 bits per heavy atom. The standard InChI is InChI=1S/C33H40N4O8/c1-36(2)11-10-35-15-16-6-9-23(45-5)19(12-16)18-7-8-22(38)25-20(18)13-17-14-21-27(37(3)4)29(40)26(32(34)43)31(42)33(21,44)30(41)24(17)28(25)39/h6-9,12,17,21,27,35,38,40-41,44H,10-11,13-15H2,1-5H3,(H2,34,43)/t17-,21+,27+,33-/m0/s1. The quantitative estimate of drug-likeness (QED) is 0.176. The number of ether oxygens (including phenoxy) is 1. The van der Waals surface area contributed by atoms with E-state index in [9.17, 15) is 34.8 Å². The number of likely N-dealkylation sites (N-methyl/N-ethyl adjacent to an activating group) is 2. The topological polar surface area (TPSA) is 186 Å². The number of primary amides is 1. The number of phenolic OH excluding ortho intramolecular Hbond substituents is 1. The largest absolute Gasteiger partial charge is 0.510 e. The lowest BCUT2D eigenvalue weighted by Gasteiger charge is -2.50. The zero-order valence-corrected chi connectivity index (χ0v) is 26.0. The molecule has 1 amide bonds. The Balaban J connectivity index is 1.63. The van der Waals surface area contributed by atoms with Gasteiger partial charge in [0.05, 0.1) is 18.7 Å². The highest BCUT2D eigenvalue weighted by Gasteiger charge is 2.63. The van der Waals surface area contributed by atoms with Crippen LogP contribution in [0.5, 0.6) is 11.5 Å². The number of nitrogens with one attached hydrogen (secondary N) is 1. The number of amides is 1. The fraction of sp³-hybridized carbons (Fsp3) is 0.424. The lowest BCUT2D eigenvalue weighted by atomic mass is 9.58. The van der Waals surface area contributed by atoms with Crippen molar-refractivity contribution in [2.75, 3.05) is 48.4 Å². The molecule has 7 N–H and O–H groups in total. The summed E-state index contributed by atoms with van der Waals surface area (Å²) in [4.78, 5) is 43.5. The number of rotatable bonds is 9. The molecule has 2 aromatic carbocycles. The van der Waals surface area contributed by atoms with Crippen LogP contribution in [0.3, 0.4) is 0 Å². The number of fused-ring (bicyclic) bond motifs is 3. The van der Waals surface area contributed by atoms with Crippen molar-refractivity contribution in [2.45, 2.75) is 31.0 Å². The Morgan fingerprint density at radius 3 is 2.42 bits per heavy atom. The number of nitrogens with zero attached hydrogens (tertiary/aromatic N) is 2. The van der Waals surface area contributed by atoms with E-state index in [1.54, 1.807) is 27.3 Å². The molecule has 0 fully saturated rings. The lowest BCUT2D eigenvalue weighted by Crippen LogP contribution is -2.63. The summed E-state index contributed by atoms with van der Waals surface area (Å²) < 4.78 is 5.69. The predicted octanol–water partition coefficient (Wildman–Crippen LogP) is 1.45. The van der Waals surface area contributed by atoms with Crippen molar-refractivity contribution in [2.24, 2.45) is 17.6 Å². The maximum atomic E-state index is 14.1. The molecule has 0 aliphatic heterocycles. The van der Waals surface area contributed by atoms with Gasteiger partial charge in [-0.3, -0.25) is 19.3 Å². The molecule has 0 saturated carbocycles. The number of hydrogen-bond acceptors (Lipinski definition) is 11. The number of ketones is 2. The van der Waals surface area contributed by atoms with Gasteiger partial charge in [-0.15, -0.1) is 0 Å². The van der Waals surface area contributed by atoms with Gasteiger partial charge in [0.1, 0.15) is 28.6 Å². The highest BCUT2D eigenvalue weighted by Crippen LogP contribution is 2.53. The first-order valence-electron chi connectivity index (χ1n) is 14.8. The van der Waals surface area contributed by atoms with Crippen molar-refractivity contribution in [1.29, 1.82) is 0 Å². The van der Waals surface area contributed by atoms with Crippen LogP contribution in [-0.2, 0) is 22.6 Å². The number of methoxy groups -OCH3 is 1.